The molecule has 0 aromatic heterocycles. The number of rotatable bonds is 7. The summed E-state index contributed by atoms with van der Waals surface area (Å²) < 4.78 is 29.6. The highest BCUT2D eigenvalue weighted by molar-refractivity contribution is 7.89. The summed E-state index contributed by atoms with van der Waals surface area (Å²) in [6, 6.07) is 14.1. The topological polar surface area (TPSA) is 49.7 Å². The highest BCUT2D eigenvalue weighted by Crippen LogP contribution is 2.37. The van der Waals surface area contributed by atoms with Gasteiger partial charge in [-0.1, -0.05) is 84.0 Å². The van der Waals surface area contributed by atoms with E-state index in [1.165, 1.54) is 5.56 Å². The van der Waals surface area contributed by atoms with Crippen molar-refractivity contribution in [2.45, 2.75) is 70.6 Å². The second-order valence-electron chi connectivity index (χ2n) is 9.03. The summed E-state index contributed by atoms with van der Waals surface area (Å²) in [5, 5.41) is 0. The highest BCUT2D eigenvalue weighted by Gasteiger charge is 2.35. The Morgan fingerprint density at radius 1 is 0.900 bits per heavy atom. The number of amidine groups is 1. The summed E-state index contributed by atoms with van der Waals surface area (Å²) >= 11 is 0. The first kappa shape index (κ1) is 22.5. The maximum atomic E-state index is 14.0. The Hall–Kier alpha value is -2.14. The third-order valence-electron chi connectivity index (χ3n) is 5.72. The van der Waals surface area contributed by atoms with Gasteiger partial charge in [0.05, 0.1) is 18.0 Å². The fourth-order valence-electron chi connectivity index (χ4n) is 3.96. The Morgan fingerprint density at radius 3 is 1.97 bits per heavy atom. The first-order valence-electron chi connectivity index (χ1n) is 10.9. The van der Waals surface area contributed by atoms with Crippen molar-refractivity contribution in [3.05, 3.63) is 64.7 Å². The summed E-state index contributed by atoms with van der Waals surface area (Å²) in [6.07, 6.45) is 0.526. The van der Waals surface area contributed by atoms with E-state index in [1.807, 2.05) is 30.3 Å². The van der Waals surface area contributed by atoms with Crippen molar-refractivity contribution >= 4 is 15.9 Å². The van der Waals surface area contributed by atoms with Crippen molar-refractivity contribution in [2.24, 2.45) is 4.99 Å². The largest absolute Gasteiger partial charge is 0.269 e. The van der Waals surface area contributed by atoms with Crippen LogP contribution in [0.15, 0.2) is 52.4 Å². The van der Waals surface area contributed by atoms with E-state index in [1.54, 1.807) is 4.31 Å². The van der Waals surface area contributed by atoms with Gasteiger partial charge in [-0.25, -0.2) is 8.42 Å². The molecule has 0 bridgehead atoms. The monoisotopic (exact) mass is 426 g/mol. The van der Waals surface area contributed by atoms with E-state index < -0.39 is 10.0 Å². The first-order valence-corrected chi connectivity index (χ1v) is 12.3. The average molecular weight is 427 g/mol. The van der Waals surface area contributed by atoms with Gasteiger partial charge in [0.15, 0.2) is 0 Å². The Kier molecular flexibility index (Phi) is 6.71. The molecule has 4 nitrogen and oxygen atoms in total. The van der Waals surface area contributed by atoms with E-state index in [2.05, 4.69) is 58.7 Å². The van der Waals surface area contributed by atoms with Crippen LogP contribution >= 0.6 is 0 Å². The SMILES string of the molecule is CC(C)c1cc(C(C)C)c(S(=O)(=O)N2CCN=C2Cc2ccccc2)c(C(C)C)c1. The second kappa shape index (κ2) is 8.93. The molecule has 2 aromatic rings. The Bertz CT molecular complexity index is 993. The van der Waals surface area contributed by atoms with Crippen LogP contribution in [0.3, 0.4) is 0 Å². The molecule has 0 amide bonds. The lowest BCUT2D eigenvalue weighted by molar-refractivity contribution is 0.531. The summed E-state index contributed by atoms with van der Waals surface area (Å²) in [5.41, 5.74) is 4.09. The predicted octanol–water partition coefficient (Wildman–Crippen LogP) is 5.70. The van der Waals surface area contributed by atoms with Crippen LogP contribution in [-0.4, -0.2) is 31.6 Å². The van der Waals surface area contributed by atoms with E-state index in [4.69, 9.17) is 0 Å². The molecule has 1 aliphatic rings. The predicted molar refractivity (Wildman–Crippen MR) is 125 cm³/mol. The second-order valence-corrected chi connectivity index (χ2v) is 10.8. The van der Waals surface area contributed by atoms with Gasteiger partial charge in [-0.05, 0) is 40.0 Å². The van der Waals surface area contributed by atoms with Gasteiger partial charge in [-0.3, -0.25) is 9.30 Å². The normalized spacial score (nSPS) is 14.8. The smallest absolute Gasteiger partial charge is 0.265 e. The summed E-state index contributed by atoms with van der Waals surface area (Å²) in [6.45, 7) is 13.5. The van der Waals surface area contributed by atoms with Crippen LogP contribution in [-0.2, 0) is 16.4 Å². The van der Waals surface area contributed by atoms with Crippen molar-refractivity contribution in [3.63, 3.8) is 0 Å². The summed E-state index contributed by atoms with van der Waals surface area (Å²) in [7, 11) is -3.70. The van der Waals surface area contributed by atoms with Gasteiger partial charge in [0.2, 0.25) is 0 Å². The lowest BCUT2D eigenvalue weighted by Gasteiger charge is -2.27. The maximum Gasteiger partial charge on any atom is 0.265 e. The summed E-state index contributed by atoms with van der Waals surface area (Å²) in [4.78, 5) is 5.05. The molecule has 0 radical (unpaired) electrons. The molecule has 0 aliphatic carbocycles. The van der Waals surface area contributed by atoms with Gasteiger partial charge >= 0.3 is 0 Å². The average Bonchev–Trinajstić information content (AvgIpc) is 3.16. The van der Waals surface area contributed by atoms with Gasteiger partial charge < -0.3 is 0 Å². The van der Waals surface area contributed by atoms with Gasteiger partial charge in [0, 0.05) is 6.42 Å². The zero-order valence-electron chi connectivity index (χ0n) is 19.0. The third-order valence-corrected chi connectivity index (χ3v) is 7.68. The molecule has 1 aliphatic heterocycles. The number of sulfonamides is 1. The molecule has 0 saturated carbocycles. The molecule has 0 spiro atoms. The van der Waals surface area contributed by atoms with Crippen molar-refractivity contribution in [1.82, 2.24) is 4.31 Å². The molecule has 0 saturated heterocycles. The molecule has 1 heterocycles. The minimum absolute atomic E-state index is 0.114. The van der Waals surface area contributed by atoms with E-state index >= 15 is 0 Å². The van der Waals surface area contributed by atoms with Gasteiger partial charge in [-0.2, -0.15) is 0 Å². The molecular formula is C25H34N2O2S. The first-order chi connectivity index (χ1) is 14.1. The van der Waals surface area contributed by atoms with Crippen LogP contribution < -0.4 is 0 Å². The minimum Gasteiger partial charge on any atom is -0.269 e. The van der Waals surface area contributed by atoms with Crippen LogP contribution in [0.1, 0.15) is 81.5 Å². The van der Waals surface area contributed by atoms with E-state index in [0.29, 0.717) is 36.2 Å². The van der Waals surface area contributed by atoms with Crippen LogP contribution in [0.25, 0.3) is 0 Å². The number of hydrogen-bond acceptors (Lipinski definition) is 3. The van der Waals surface area contributed by atoms with Crippen molar-refractivity contribution in [2.75, 3.05) is 13.1 Å². The maximum absolute atomic E-state index is 14.0. The van der Waals surface area contributed by atoms with E-state index in [0.717, 1.165) is 16.7 Å². The molecular weight excluding hydrogens is 392 g/mol. The van der Waals surface area contributed by atoms with Crippen molar-refractivity contribution in [1.29, 1.82) is 0 Å². The fraction of sp³-hybridized carbons (Fsp3) is 0.480. The zero-order valence-corrected chi connectivity index (χ0v) is 19.8. The number of nitrogens with zero attached hydrogens (tertiary/aromatic N) is 2. The summed E-state index contributed by atoms with van der Waals surface area (Å²) in [5.74, 6) is 1.21. The molecule has 0 fully saturated rings. The number of hydrogen-bond donors (Lipinski definition) is 0. The van der Waals surface area contributed by atoms with Crippen LogP contribution in [0, 0.1) is 0 Å². The molecule has 2 aromatic carbocycles. The van der Waals surface area contributed by atoms with Gasteiger partial charge in [0.1, 0.15) is 5.84 Å². The lowest BCUT2D eigenvalue weighted by Crippen LogP contribution is -2.36. The van der Waals surface area contributed by atoms with E-state index in [-0.39, 0.29) is 11.8 Å². The molecule has 0 atom stereocenters. The van der Waals surface area contributed by atoms with E-state index in [9.17, 15) is 8.42 Å². The molecule has 0 N–H and O–H groups in total. The number of benzene rings is 2. The molecule has 0 unspecified atom stereocenters. The van der Waals surface area contributed by atoms with Crippen LogP contribution in [0.5, 0.6) is 0 Å². The van der Waals surface area contributed by atoms with Gasteiger partial charge in [0.25, 0.3) is 10.0 Å². The highest BCUT2D eigenvalue weighted by atomic mass is 32.2. The van der Waals surface area contributed by atoms with Gasteiger partial charge in [-0.15, -0.1) is 0 Å². The van der Waals surface area contributed by atoms with Crippen molar-refractivity contribution in [3.8, 4) is 0 Å². The zero-order chi connectivity index (χ0) is 22.1. The van der Waals surface area contributed by atoms with Crippen molar-refractivity contribution < 1.29 is 8.42 Å². The Balaban J connectivity index is 2.12. The standard InChI is InChI=1S/C25H34N2O2S/c1-17(2)21-15-22(18(3)4)25(23(16-21)19(5)6)30(28,29)27-13-12-26-24(27)14-20-10-8-7-9-11-20/h7-11,15-19H,12-14H2,1-6H3. The lowest BCUT2D eigenvalue weighted by atomic mass is 9.89. The van der Waals surface area contributed by atoms with Crippen LogP contribution in [0.4, 0.5) is 0 Å². The Morgan fingerprint density at radius 2 is 1.47 bits per heavy atom. The molecule has 3 rings (SSSR count). The molecule has 5 heteroatoms. The molecule has 30 heavy (non-hydrogen) atoms. The third kappa shape index (κ3) is 4.46. The quantitative estimate of drug-likeness (QED) is 0.570. The minimum atomic E-state index is -3.70. The van der Waals surface area contributed by atoms with Crippen LogP contribution in [0.2, 0.25) is 0 Å². The fourth-order valence-corrected chi connectivity index (χ4v) is 6.08. The Labute approximate surface area is 182 Å². The molecule has 162 valence electrons. The number of aliphatic imine (C=N–C) groups is 1.